The minimum absolute atomic E-state index is 0.198. The number of nitrogens with two attached hydrogens (primary N) is 1. The lowest BCUT2D eigenvalue weighted by Crippen LogP contribution is -2.44. The van der Waals surface area contributed by atoms with Crippen LogP contribution < -0.4 is 5.73 Å². The first-order chi connectivity index (χ1) is 7.04. The molecule has 96 valence electrons. The second-order valence-corrected chi connectivity index (χ2v) is 7.01. The quantitative estimate of drug-likeness (QED) is 0.676. The number of carboxylic acid groups (broad SMARTS) is 1. The summed E-state index contributed by atoms with van der Waals surface area (Å²) in [4.78, 5) is 10.7. The molecule has 16 heavy (non-hydrogen) atoms. The molecule has 0 aromatic rings. The van der Waals surface area contributed by atoms with Crippen molar-refractivity contribution in [3.05, 3.63) is 0 Å². The zero-order chi connectivity index (χ0) is 13.1. The van der Waals surface area contributed by atoms with Crippen molar-refractivity contribution in [1.82, 2.24) is 4.31 Å². The number of nitrogens with zero attached hydrogens (tertiary/aromatic N) is 1. The van der Waals surface area contributed by atoms with Crippen LogP contribution in [0.25, 0.3) is 0 Å². The highest BCUT2D eigenvalue weighted by Gasteiger charge is 2.34. The average molecular weight is 252 g/mol. The summed E-state index contributed by atoms with van der Waals surface area (Å²) in [6.45, 7) is 5.33. The fourth-order valence-corrected chi connectivity index (χ4v) is 2.48. The number of carbonyl (C=O) groups is 1. The highest BCUT2D eigenvalue weighted by Crippen LogP contribution is 2.18. The standard InChI is InChI=1S/C9H20N2O4S/c1-7(8(12)13)16(14,15)11(4)6-9(2,3)5-10/h7H,5-6,10H2,1-4H3,(H,12,13). The maximum Gasteiger partial charge on any atom is 0.323 e. The molecule has 0 rings (SSSR count). The van der Waals surface area contributed by atoms with Crippen LogP contribution in [-0.4, -0.2) is 49.2 Å². The molecule has 0 aromatic carbocycles. The van der Waals surface area contributed by atoms with Gasteiger partial charge >= 0.3 is 5.97 Å². The van der Waals surface area contributed by atoms with Gasteiger partial charge in [0.1, 0.15) is 0 Å². The largest absolute Gasteiger partial charge is 0.480 e. The predicted molar refractivity (Wildman–Crippen MR) is 61.5 cm³/mol. The third-order valence-electron chi connectivity index (χ3n) is 2.43. The van der Waals surface area contributed by atoms with E-state index in [1.165, 1.54) is 7.05 Å². The number of sulfonamides is 1. The van der Waals surface area contributed by atoms with Gasteiger partial charge in [-0.05, 0) is 18.9 Å². The number of rotatable bonds is 6. The molecule has 0 aromatic heterocycles. The SMILES string of the molecule is CC(C(=O)O)S(=O)(=O)N(C)CC(C)(C)CN. The van der Waals surface area contributed by atoms with Crippen molar-refractivity contribution < 1.29 is 18.3 Å². The van der Waals surface area contributed by atoms with Gasteiger partial charge in [-0.15, -0.1) is 0 Å². The van der Waals surface area contributed by atoms with Crippen molar-refractivity contribution in [2.24, 2.45) is 11.1 Å². The fraction of sp³-hybridized carbons (Fsp3) is 0.889. The summed E-state index contributed by atoms with van der Waals surface area (Å²) < 4.78 is 24.6. The Morgan fingerprint density at radius 1 is 1.50 bits per heavy atom. The molecule has 1 unspecified atom stereocenters. The normalized spacial score (nSPS) is 15.1. The number of carboxylic acids is 1. The summed E-state index contributed by atoms with van der Waals surface area (Å²) in [5.74, 6) is -1.35. The molecule has 0 saturated carbocycles. The third kappa shape index (κ3) is 3.73. The summed E-state index contributed by atoms with van der Waals surface area (Å²) in [5, 5.41) is 7.25. The Hall–Kier alpha value is -0.660. The molecular formula is C9H20N2O4S. The van der Waals surface area contributed by atoms with Crippen LogP contribution in [-0.2, 0) is 14.8 Å². The van der Waals surface area contributed by atoms with Crippen LogP contribution in [0, 0.1) is 5.41 Å². The lowest BCUT2D eigenvalue weighted by molar-refractivity contribution is -0.136. The molecule has 0 fully saturated rings. The Morgan fingerprint density at radius 2 is 1.94 bits per heavy atom. The predicted octanol–water partition coefficient (Wildman–Crippen LogP) is -0.294. The van der Waals surface area contributed by atoms with Gasteiger partial charge in [-0.2, -0.15) is 0 Å². The van der Waals surface area contributed by atoms with E-state index < -0.39 is 21.2 Å². The van der Waals surface area contributed by atoms with Gasteiger partial charge in [0.2, 0.25) is 10.0 Å². The molecule has 7 heteroatoms. The van der Waals surface area contributed by atoms with E-state index in [4.69, 9.17) is 10.8 Å². The summed E-state index contributed by atoms with van der Waals surface area (Å²) in [6.07, 6.45) is 0. The van der Waals surface area contributed by atoms with Gasteiger partial charge in [0.15, 0.2) is 5.25 Å². The monoisotopic (exact) mass is 252 g/mol. The fourth-order valence-electron chi connectivity index (χ4n) is 1.15. The number of hydrogen-bond donors (Lipinski definition) is 2. The Bertz CT molecular complexity index is 351. The van der Waals surface area contributed by atoms with E-state index in [0.29, 0.717) is 6.54 Å². The van der Waals surface area contributed by atoms with Crippen molar-refractivity contribution in [3.63, 3.8) is 0 Å². The third-order valence-corrected chi connectivity index (χ3v) is 4.53. The van der Waals surface area contributed by atoms with E-state index in [0.717, 1.165) is 11.2 Å². The maximum atomic E-state index is 11.8. The smallest absolute Gasteiger partial charge is 0.323 e. The highest BCUT2D eigenvalue weighted by atomic mass is 32.2. The van der Waals surface area contributed by atoms with Crippen molar-refractivity contribution in [2.75, 3.05) is 20.1 Å². The summed E-state index contributed by atoms with van der Waals surface area (Å²) in [5.41, 5.74) is 5.12. The lowest BCUT2D eigenvalue weighted by Gasteiger charge is -2.29. The van der Waals surface area contributed by atoms with Crippen LogP contribution in [0.4, 0.5) is 0 Å². The second-order valence-electron chi connectivity index (χ2n) is 4.65. The molecule has 0 aliphatic carbocycles. The molecule has 0 aliphatic rings. The molecule has 0 aliphatic heterocycles. The van der Waals surface area contributed by atoms with Gasteiger partial charge in [-0.3, -0.25) is 4.79 Å². The van der Waals surface area contributed by atoms with Crippen LogP contribution in [0.3, 0.4) is 0 Å². The summed E-state index contributed by atoms with van der Waals surface area (Å²) in [7, 11) is -2.44. The van der Waals surface area contributed by atoms with Gasteiger partial charge < -0.3 is 10.8 Å². The molecule has 0 amide bonds. The molecule has 0 radical (unpaired) electrons. The number of hydrogen-bond acceptors (Lipinski definition) is 4. The van der Waals surface area contributed by atoms with Crippen LogP contribution in [0.1, 0.15) is 20.8 Å². The van der Waals surface area contributed by atoms with Gasteiger partial charge in [0.05, 0.1) is 0 Å². The molecule has 0 saturated heterocycles. The lowest BCUT2D eigenvalue weighted by atomic mass is 9.94. The van der Waals surface area contributed by atoms with E-state index in [1.807, 2.05) is 13.8 Å². The first kappa shape index (κ1) is 15.3. The van der Waals surface area contributed by atoms with Crippen molar-refractivity contribution in [3.8, 4) is 0 Å². The zero-order valence-corrected chi connectivity index (χ0v) is 10.9. The minimum atomic E-state index is -3.80. The van der Waals surface area contributed by atoms with Crippen molar-refractivity contribution >= 4 is 16.0 Å². The molecule has 3 N–H and O–H groups in total. The van der Waals surface area contributed by atoms with Crippen LogP contribution in [0.15, 0.2) is 0 Å². The zero-order valence-electron chi connectivity index (χ0n) is 10.1. The molecule has 0 heterocycles. The topological polar surface area (TPSA) is 101 Å². The van der Waals surface area contributed by atoms with E-state index in [2.05, 4.69) is 0 Å². The van der Waals surface area contributed by atoms with Crippen LogP contribution in [0.2, 0.25) is 0 Å². The van der Waals surface area contributed by atoms with E-state index in [1.54, 1.807) is 0 Å². The first-order valence-electron chi connectivity index (χ1n) is 4.92. The number of aliphatic carboxylic acids is 1. The molecule has 1 atom stereocenters. The second kappa shape index (κ2) is 5.11. The van der Waals surface area contributed by atoms with Crippen LogP contribution >= 0.6 is 0 Å². The van der Waals surface area contributed by atoms with E-state index in [9.17, 15) is 13.2 Å². The first-order valence-corrected chi connectivity index (χ1v) is 6.43. The van der Waals surface area contributed by atoms with E-state index >= 15 is 0 Å². The summed E-state index contributed by atoms with van der Waals surface area (Å²) in [6, 6.07) is 0. The molecular weight excluding hydrogens is 232 g/mol. The summed E-state index contributed by atoms with van der Waals surface area (Å²) >= 11 is 0. The average Bonchev–Trinajstić information content (AvgIpc) is 2.15. The van der Waals surface area contributed by atoms with Gasteiger partial charge in [0, 0.05) is 13.6 Å². The van der Waals surface area contributed by atoms with Gasteiger partial charge in [-0.25, -0.2) is 12.7 Å². The Morgan fingerprint density at radius 3 is 2.25 bits per heavy atom. The van der Waals surface area contributed by atoms with Gasteiger partial charge in [-0.1, -0.05) is 13.8 Å². The van der Waals surface area contributed by atoms with Crippen LogP contribution in [0.5, 0.6) is 0 Å². The molecule has 6 nitrogen and oxygen atoms in total. The molecule has 0 spiro atoms. The Balaban J connectivity index is 4.86. The van der Waals surface area contributed by atoms with Crippen molar-refractivity contribution in [1.29, 1.82) is 0 Å². The van der Waals surface area contributed by atoms with E-state index in [-0.39, 0.29) is 12.0 Å². The van der Waals surface area contributed by atoms with Gasteiger partial charge in [0.25, 0.3) is 0 Å². The highest BCUT2D eigenvalue weighted by molar-refractivity contribution is 7.90. The van der Waals surface area contributed by atoms with Crippen molar-refractivity contribution in [2.45, 2.75) is 26.0 Å². The Labute approximate surface area is 96.5 Å². The maximum absolute atomic E-state index is 11.8. The molecule has 0 bridgehead atoms. The Kier molecular flexibility index (Phi) is 4.90. The minimum Gasteiger partial charge on any atom is -0.480 e.